The van der Waals surface area contributed by atoms with Crippen molar-refractivity contribution in [1.29, 1.82) is 0 Å². The Balaban J connectivity index is 1.60. The topological polar surface area (TPSA) is 71.6 Å². The fourth-order valence-corrected chi connectivity index (χ4v) is 4.75. The third-order valence-electron chi connectivity index (χ3n) is 6.36. The van der Waals surface area contributed by atoms with E-state index in [4.69, 9.17) is 0 Å². The van der Waals surface area contributed by atoms with E-state index in [2.05, 4.69) is 63.6 Å². The average Bonchev–Trinajstić information content (AvgIpc) is 3.07. The van der Waals surface area contributed by atoms with Gasteiger partial charge in [-0.25, -0.2) is 0 Å². The monoisotopic (exact) mass is 415 g/mol. The lowest BCUT2D eigenvalue weighted by atomic mass is 9.84. The van der Waals surface area contributed by atoms with Crippen molar-refractivity contribution in [2.24, 2.45) is 5.92 Å². The summed E-state index contributed by atoms with van der Waals surface area (Å²) in [6.07, 6.45) is 9.59. The van der Waals surface area contributed by atoms with Crippen LogP contribution in [-0.2, 0) is 0 Å². The van der Waals surface area contributed by atoms with Crippen LogP contribution in [0.15, 0.2) is 70.6 Å². The molecule has 2 atom stereocenters. The third-order valence-corrected chi connectivity index (χ3v) is 6.36. The van der Waals surface area contributed by atoms with Gasteiger partial charge in [-0.05, 0) is 55.2 Å². The lowest BCUT2D eigenvalue weighted by Crippen LogP contribution is -2.39. The molecule has 0 spiro atoms. The first kappa shape index (κ1) is 19.8. The van der Waals surface area contributed by atoms with Gasteiger partial charge < -0.3 is 21.2 Å². The van der Waals surface area contributed by atoms with Gasteiger partial charge in [-0.15, -0.1) is 5.53 Å². The molecule has 5 N–H and O–H groups in total. The van der Waals surface area contributed by atoms with E-state index in [9.17, 15) is 5.11 Å². The predicted molar refractivity (Wildman–Crippen MR) is 123 cm³/mol. The van der Waals surface area contributed by atoms with Crippen molar-refractivity contribution in [3.8, 4) is 17.6 Å². The molecule has 160 valence electrons. The minimum atomic E-state index is -0.0145. The molecule has 0 bridgehead atoms. The molecular formula is C25H29N5O. The van der Waals surface area contributed by atoms with E-state index < -0.39 is 0 Å². The number of rotatable bonds is 3. The van der Waals surface area contributed by atoms with Crippen molar-refractivity contribution in [2.45, 2.75) is 32.2 Å². The summed E-state index contributed by atoms with van der Waals surface area (Å²) in [7, 11) is 0. The second-order valence-corrected chi connectivity index (χ2v) is 8.35. The van der Waals surface area contributed by atoms with Crippen LogP contribution in [0.4, 0.5) is 5.69 Å². The lowest BCUT2D eigenvalue weighted by molar-refractivity contribution is 0.245. The van der Waals surface area contributed by atoms with E-state index in [0.29, 0.717) is 0 Å². The number of para-hydroxylation sites is 2. The maximum absolute atomic E-state index is 10.4. The first-order chi connectivity index (χ1) is 15.2. The average molecular weight is 416 g/mol. The maximum atomic E-state index is 10.4. The Morgan fingerprint density at radius 2 is 2.13 bits per heavy atom. The van der Waals surface area contributed by atoms with Crippen LogP contribution in [0, 0.1) is 17.8 Å². The summed E-state index contributed by atoms with van der Waals surface area (Å²) in [5, 5.41) is 19.6. The number of hydrogen-bond acceptors (Lipinski definition) is 6. The van der Waals surface area contributed by atoms with Gasteiger partial charge in [0, 0.05) is 25.2 Å². The number of phenols is 1. The zero-order valence-corrected chi connectivity index (χ0v) is 17.8. The number of fused-ring (bicyclic) bond motifs is 3. The fraction of sp³-hybridized carbons (Fsp3) is 0.360. The van der Waals surface area contributed by atoms with Gasteiger partial charge in [-0.2, -0.15) is 0 Å². The summed E-state index contributed by atoms with van der Waals surface area (Å²) in [4.78, 5) is 0. The van der Waals surface area contributed by atoms with Crippen LogP contribution in [0.3, 0.4) is 0 Å². The number of hydrazine groups is 2. The van der Waals surface area contributed by atoms with Crippen LogP contribution in [0.25, 0.3) is 0 Å². The molecular weight excluding hydrogens is 386 g/mol. The second-order valence-electron chi connectivity index (χ2n) is 8.35. The van der Waals surface area contributed by atoms with E-state index in [-0.39, 0.29) is 17.7 Å². The molecule has 0 amide bonds. The first-order valence-corrected chi connectivity index (χ1v) is 11.1. The van der Waals surface area contributed by atoms with E-state index in [1.807, 2.05) is 18.2 Å². The Kier molecular flexibility index (Phi) is 5.46. The number of benzene rings is 1. The van der Waals surface area contributed by atoms with Gasteiger partial charge in [0.05, 0.1) is 23.3 Å². The van der Waals surface area contributed by atoms with Gasteiger partial charge in [-0.3, -0.25) is 5.01 Å². The molecule has 3 heterocycles. The quantitative estimate of drug-likeness (QED) is 0.386. The summed E-state index contributed by atoms with van der Waals surface area (Å²) in [5.41, 5.74) is 13.6. The van der Waals surface area contributed by atoms with Gasteiger partial charge >= 0.3 is 0 Å². The maximum Gasteiger partial charge on any atom is 0.138 e. The normalized spacial score (nSPS) is 27.0. The third kappa shape index (κ3) is 3.95. The molecule has 3 aliphatic heterocycles. The summed E-state index contributed by atoms with van der Waals surface area (Å²) in [5.74, 6) is 7.21. The number of aromatic hydroxyl groups is 1. The van der Waals surface area contributed by atoms with Gasteiger partial charge in [0.25, 0.3) is 0 Å². The van der Waals surface area contributed by atoms with Crippen molar-refractivity contribution >= 4 is 5.69 Å². The Bertz CT molecular complexity index is 1060. The molecule has 1 saturated heterocycles. The number of nitrogens with one attached hydrogen (secondary N) is 4. The van der Waals surface area contributed by atoms with Crippen LogP contribution in [-0.4, -0.2) is 35.8 Å². The van der Waals surface area contributed by atoms with Crippen molar-refractivity contribution in [2.75, 3.05) is 25.0 Å². The van der Waals surface area contributed by atoms with Crippen LogP contribution >= 0.6 is 0 Å². The highest BCUT2D eigenvalue weighted by molar-refractivity contribution is 5.59. The van der Waals surface area contributed by atoms with Gasteiger partial charge in [0.2, 0.25) is 0 Å². The van der Waals surface area contributed by atoms with E-state index >= 15 is 0 Å². The predicted octanol–water partition coefficient (Wildman–Crippen LogP) is 2.93. The van der Waals surface area contributed by atoms with Crippen molar-refractivity contribution in [1.82, 2.24) is 21.3 Å². The summed E-state index contributed by atoms with van der Waals surface area (Å²) in [6, 6.07) is 7.52. The minimum absolute atomic E-state index is 0.0145. The van der Waals surface area contributed by atoms with Gasteiger partial charge in [0.1, 0.15) is 5.75 Å². The lowest BCUT2D eigenvalue weighted by Gasteiger charge is -2.27. The summed E-state index contributed by atoms with van der Waals surface area (Å²) in [6.45, 7) is 4.86. The Hall–Kier alpha value is -3.14. The van der Waals surface area contributed by atoms with Crippen LogP contribution < -0.4 is 21.6 Å². The Morgan fingerprint density at radius 3 is 2.97 bits per heavy atom. The molecule has 1 aliphatic carbocycles. The Labute approximate surface area is 183 Å². The Morgan fingerprint density at radius 1 is 1.23 bits per heavy atom. The fourth-order valence-electron chi connectivity index (χ4n) is 4.75. The van der Waals surface area contributed by atoms with Crippen molar-refractivity contribution in [3.05, 3.63) is 70.6 Å². The van der Waals surface area contributed by atoms with E-state index in [1.54, 1.807) is 6.07 Å². The smallest absolute Gasteiger partial charge is 0.138 e. The molecule has 5 rings (SSSR count). The van der Waals surface area contributed by atoms with Gasteiger partial charge in [0.15, 0.2) is 0 Å². The molecule has 0 saturated carbocycles. The standard InChI is InChI=1S/C25H29N5O/c1-17-25-20-7-3-2-6-19(18-10-13-26-14-11-18)16-21(20)22(12-15-30(25)29-28-17)27-23-8-4-5-9-24(23)31/h4-6,8-10,16,20,22,26-29,31H,2,11-15H2,1H3/b19-6+,21-16?. The number of nitrogens with zero attached hydrogens (tertiary/aromatic N) is 1. The molecule has 0 radical (unpaired) electrons. The number of allylic oxidation sites excluding steroid dienone is 5. The minimum Gasteiger partial charge on any atom is -0.506 e. The zero-order chi connectivity index (χ0) is 21.2. The highest BCUT2D eigenvalue weighted by Gasteiger charge is 2.36. The van der Waals surface area contributed by atoms with Gasteiger partial charge in [-0.1, -0.05) is 42.2 Å². The molecule has 0 aromatic heterocycles. The molecule has 2 unspecified atom stereocenters. The molecule has 1 aromatic carbocycles. The molecule has 1 fully saturated rings. The summed E-state index contributed by atoms with van der Waals surface area (Å²) >= 11 is 0. The summed E-state index contributed by atoms with van der Waals surface area (Å²) < 4.78 is 0. The van der Waals surface area contributed by atoms with Crippen molar-refractivity contribution < 1.29 is 5.11 Å². The highest BCUT2D eigenvalue weighted by atomic mass is 16.3. The van der Waals surface area contributed by atoms with Crippen molar-refractivity contribution in [3.63, 3.8) is 0 Å². The molecule has 6 heteroatoms. The molecule has 1 aromatic rings. The molecule has 31 heavy (non-hydrogen) atoms. The number of hydrogen-bond donors (Lipinski definition) is 5. The molecule has 6 nitrogen and oxygen atoms in total. The van der Waals surface area contributed by atoms with Crippen LogP contribution in [0.1, 0.15) is 26.2 Å². The van der Waals surface area contributed by atoms with E-state index in [1.165, 1.54) is 22.4 Å². The number of phenolic OH excluding ortho intramolecular Hbond substituents is 1. The van der Waals surface area contributed by atoms with Crippen LogP contribution in [0.5, 0.6) is 5.75 Å². The largest absolute Gasteiger partial charge is 0.506 e. The van der Waals surface area contributed by atoms with Crippen LogP contribution in [0.2, 0.25) is 0 Å². The first-order valence-electron chi connectivity index (χ1n) is 11.1. The SMILES string of the molecule is CC1=C2C3C#CC/C=C(/C4=CCNCC4)C=C3C(Nc3ccccc3O)CCN2NN1. The zero-order valence-electron chi connectivity index (χ0n) is 17.8. The second kappa shape index (κ2) is 8.54. The highest BCUT2D eigenvalue weighted by Crippen LogP contribution is 2.37. The van der Waals surface area contributed by atoms with E-state index in [0.717, 1.165) is 50.3 Å². The molecule has 4 aliphatic rings. The number of anilines is 1.